The molecule has 1 amide bonds. The van der Waals surface area contributed by atoms with Gasteiger partial charge in [0.15, 0.2) is 0 Å². The van der Waals surface area contributed by atoms with Crippen molar-refractivity contribution in [2.45, 2.75) is 100.0 Å². The molecular formula is C42H60FN5O. The van der Waals surface area contributed by atoms with E-state index in [0.29, 0.717) is 0 Å². The SMILES string of the molecule is CC.CC.CC.CNCCCC(C=NC(=O)C(N)C1=CCC=CC=C1)=CCc1ccc(-n2cnc(C)c2)c2c1CC2.Cc1cccc(F)c1. The minimum atomic E-state index is -0.736. The molecule has 1 unspecified atom stereocenters. The number of carbonyl (C=O) groups excluding carboxylic acids is 1. The number of rotatable bonds is 10. The summed E-state index contributed by atoms with van der Waals surface area (Å²) in [6.07, 6.45) is 23.3. The number of aryl methyl sites for hydroxylation is 2. The standard InChI is InChI=1S/C29H35N5O.C7H7F.3C2H6/c1-21-19-34(20-33-21)27-16-13-23(25-14-15-26(25)27)12-11-22(8-7-17-31-2)18-32-29(35)28(30)24-9-5-3-4-6-10-24;1-6-3-2-4-7(8)5-6;3*1-2/h3-5,9-11,13,16,18-20,28,31H,6-8,12,14-15,17,30H2,1-2H3;2-5H,1H3;3*1-2H3. The van der Waals surface area contributed by atoms with Crippen molar-refractivity contribution in [2.24, 2.45) is 10.7 Å². The molecule has 0 radical (unpaired) electrons. The Morgan fingerprint density at radius 2 is 1.80 bits per heavy atom. The molecule has 2 aliphatic rings. The maximum absolute atomic E-state index is 12.7. The first-order chi connectivity index (χ1) is 23.9. The number of nitrogens with two attached hydrogens (primary N) is 1. The molecule has 0 fully saturated rings. The summed E-state index contributed by atoms with van der Waals surface area (Å²) in [7, 11) is 1.95. The number of nitrogens with one attached hydrogen (secondary N) is 1. The van der Waals surface area contributed by atoms with Crippen molar-refractivity contribution in [1.29, 1.82) is 0 Å². The van der Waals surface area contributed by atoms with Crippen LogP contribution in [-0.2, 0) is 24.1 Å². The summed E-state index contributed by atoms with van der Waals surface area (Å²) >= 11 is 0. The van der Waals surface area contributed by atoms with E-state index >= 15 is 0 Å². The zero-order chi connectivity index (χ0) is 36.6. The molecule has 0 saturated carbocycles. The minimum Gasteiger partial charge on any atom is -0.320 e. The van der Waals surface area contributed by atoms with Crippen LogP contribution in [0.4, 0.5) is 4.39 Å². The number of halogens is 1. The van der Waals surface area contributed by atoms with Crippen LogP contribution in [0.25, 0.3) is 5.69 Å². The van der Waals surface area contributed by atoms with Crippen LogP contribution < -0.4 is 11.1 Å². The van der Waals surface area contributed by atoms with Crippen molar-refractivity contribution in [3.8, 4) is 5.69 Å². The van der Waals surface area contributed by atoms with Crippen LogP contribution >= 0.6 is 0 Å². The number of aliphatic imine (C=N–C) groups is 1. The fraction of sp³-hybridized carbons (Fsp3) is 0.405. The maximum Gasteiger partial charge on any atom is 0.267 e. The summed E-state index contributed by atoms with van der Waals surface area (Å²) in [5.41, 5.74) is 15.5. The summed E-state index contributed by atoms with van der Waals surface area (Å²) < 4.78 is 14.3. The van der Waals surface area contributed by atoms with E-state index in [0.717, 1.165) is 67.5 Å². The van der Waals surface area contributed by atoms with Gasteiger partial charge in [0.05, 0.1) is 12.0 Å². The van der Waals surface area contributed by atoms with Crippen LogP contribution in [0, 0.1) is 19.7 Å². The number of carbonyl (C=O) groups is 1. The first kappa shape index (κ1) is 42.8. The van der Waals surface area contributed by atoms with Crippen LogP contribution in [0.5, 0.6) is 0 Å². The van der Waals surface area contributed by atoms with Crippen molar-refractivity contribution < 1.29 is 9.18 Å². The molecule has 1 heterocycles. The Morgan fingerprint density at radius 1 is 1.06 bits per heavy atom. The summed E-state index contributed by atoms with van der Waals surface area (Å²) in [6.45, 7) is 16.8. The number of aromatic nitrogens is 2. The molecule has 0 bridgehead atoms. The number of nitrogens with zero attached hydrogens (tertiary/aromatic N) is 3. The number of allylic oxidation sites excluding steroid dienone is 6. The molecule has 49 heavy (non-hydrogen) atoms. The van der Waals surface area contributed by atoms with Crippen LogP contribution in [0.2, 0.25) is 0 Å². The highest BCUT2D eigenvalue weighted by Crippen LogP contribution is 2.33. The third-order valence-electron chi connectivity index (χ3n) is 7.58. The Hall–Kier alpha value is -4.20. The van der Waals surface area contributed by atoms with E-state index in [4.69, 9.17) is 5.73 Å². The Morgan fingerprint density at radius 3 is 2.39 bits per heavy atom. The topological polar surface area (TPSA) is 85.3 Å². The van der Waals surface area contributed by atoms with Gasteiger partial charge in [-0.3, -0.25) is 4.79 Å². The van der Waals surface area contributed by atoms with Gasteiger partial charge < -0.3 is 15.6 Å². The van der Waals surface area contributed by atoms with Gasteiger partial charge in [0.1, 0.15) is 11.9 Å². The van der Waals surface area contributed by atoms with Crippen molar-refractivity contribution in [2.75, 3.05) is 13.6 Å². The molecule has 0 saturated heterocycles. The summed E-state index contributed by atoms with van der Waals surface area (Å²) in [5.74, 6) is -0.476. The number of amides is 1. The Balaban J connectivity index is 0.000000728. The number of imidazole rings is 1. The fourth-order valence-corrected chi connectivity index (χ4v) is 5.11. The first-order valence-electron chi connectivity index (χ1n) is 17.9. The minimum absolute atomic E-state index is 0.162. The van der Waals surface area contributed by atoms with Crippen LogP contribution in [0.3, 0.4) is 0 Å². The molecule has 6 nitrogen and oxygen atoms in total. The van der Waals surface area contributed by atoms with Gasteiger partial charge in [0.25, 0.3) is 5.91 Å². The van der Waals surface area contributed by atoms with Gasteiger partial charge >= 0.3 is 0 Å². The number of hydrogen-bond donors (Lipinski definition) is 2. The van der Waals surface area contributed by atoms with Crippen molar-refractivity contribution >= 4 is 12.1 Å². The average Bonchev–Trinajstić information content (AvgIpc) is 3.36. The third-order valence-corrected chi connectivity index (χ3v) is 7.58. The van der Waals surface area contributed by atoms with E-state index in [2.05, 4.69) is 44.3 Å². The molecule has 2 aromatic carbocycles. The largest absolute Gasteiger partial charge is 0.320 e. The van der Waals surface area contributed by atoms with Gasteiger partial charge in [0, 0.05) is 18.1 Å². The lowest BCUT2D eigenvalue weighted by atomic mass is 9.82. The fourth-order valence-electron chi connectivity index (χ4n) is 5.11. The second-order valence-electron chi connectivity index (χ2n) is 10.9. The highest BCUT2D eigenvalue weighted by molar-refractivity contribution is 5.95. The molecule has 0 spiro atoms. The average molecular weight is 670 g/mol. The quantitative estimate of drug-likeness (QED) is 0.166. The van der Waals surface area contributed by atoms with E-state index in [9.17, 15) is 9.18 Å². The van der Waals surface area contributed by atoms with Gasteiger partial charge in [-0.25, -0.2) is 14.4 Å². The van der Waals surface area contributed by atoms with E-state index < -0.39 is 6.04 Å². The zero-order valence-corrected chi connectivity index (χ0v) is 31.4. The lowest BCUT2D eigenvalue weighted by molar-refractivity contribution is -0.118. The second kappa shape index (κ2) is 24.9. The van der Waals surface area contributed by atoms with Crippen LogP contribution in [0.1, 0.15) is 88.8 Å². The predicted octanol–water partition coefficient (Wildman–Crippen LogP) is 9.33. The molecule has 3 aromatic rings. The van der Waals surface area contributed by atoms with Crippen molar-refractivity contribution in [3.63, 3.8) is 0 Å². The van der Waals surface area contributed by atoms with Gasteiger partial charge in [-0.15, -0.1) is 0 Å². The molecular weight excluding hydrogens is 609 g/mol. The number of fused-ring (bicyclic) bond motifs is 1. The van der Waals surface area contributed by atoms with E-state index in [-0.39, 0.29) is 11.7 Å². The van der Waals surface area contributed by atoms with Gasteiger partial charge in [-0.2, -0.15) is 0 Å². The molecule has 0 aliphatic heterocycles. The smallest absolute Gasteiger partial charge is 0.267 e. The molecule has 5 rings (SSSR count). The van der Waals surface area contributed by atoms with Crippen LogP contribution in [0.15, 0.2) is 102 Å². The predicted molar refractivity (Wildman–Crippen MR) is 208 cm³/mol. The molecule has 7 heteroatoms. The van der Waals surface area contributed by atoms with Gasteiger partial charge in [-0.1, -0.05) is 96.2 Å². The van der Waals surface area contributed by atoms with E-state index in [1.165, 1.54) is 34.5 Å². The number of hydrogen-bond acceptors (Lipinski definition) is 4. The highest BCUT2D eigenvalue weighted by Gasteiger charge is 2.21. The molecule has 1 aromatic heterocycles. The van der Waals surface area contributed by atoms with Crippen molar-refractivity contribution in [1.82, 2.24) is 14.9 Å². The lowest BCUT2D eigenvalue weighted by Crippen LogP contribution is -2.30. The van der Waals surface area contributed by atoms with Gasteiger partial charge in [-0.05, 0) is 118 Å². The van der Waals surface area contributed by atoms with Crippen molar-refractivity contribution in [3.05, 3.63) is 130 Å². The zero-order valence-electron chi connectivity index (χ0n) is 31.4. The third kappa shape index (κ3) is 14.4. The summed E-state index contributed by atoms with van der Waals surface area (Å²) in [4.78, 5) is 21.3. The first-order valence-corrected chi connectivity index (χ1v) is 17.9. The highest BCUT2D eigenvalue weighted by atomic mass is 19.1. The summed E-state index contributed by atoms with van der Waals surface area (Å²) in [6, 6.07) is 10.2. The van der Waals surface area contributed by atoms with Crippen LogP contribution in [-0.4, -0.2) is 41.3 Å². The second-order valence-corrected chi connectivity index (χ2v) is 10.9. The molecule has 266 valence electrons. The normalized spacial score (nSPS) is 13.4. The number of benzene rings is 2. The Bertz CT molecular complexity index is 1540. The van der Waals surface area contributed by atoms with Gasteiger partial charge in [0.2, 0.25) is 0 Å². The maximum atomic E-state index is 12.7. The molecule has 2 aliphatic carbocycles. The molecule has 3 N–H and O–H groups in total. The Kier molecular flexibility index (Phi) is 21.7. The molecule has 1 atom stereocenters. The lowest BCUT2D eigenvalue weighted by Gasteiger charge is -2.26. The van der Waals surface area contributed by atoms with E-state index in [1.54, 1.807) is 12.3 Å². The van der Waals surface area contributed by atoms with E-state index in [1.807, 2.05) is 105 Å². The monoisotopic (exact) mass is 669 g/mol. The Labute approximate surface area is 295 Å². The summed E-state index contributed by atoms with van der Waals surface area (Å²) in [5, 5.41) is 3.19.